The molecular formula is C45H58F2N8O3. The number of fused-ring (bicyclic) bond motifs is 1. The average molecular weight is 797 g/mol. The number of carbonyl (C=O) groups excluding carboxylic acids is 3. The second-order valence-corrected chi connectivity index (χ2v) is 16.3. The predicted octanol–water partition coefficient (Wildman–Crippen LogP) is 8.08. The van der Waals surface area contributed by atoms with Gasteiger partial charge in [0.05, 0.1) is 12.2 Å². The van der Waals surface area contributed by atoms with E-state index in [-0.39, 0.29) is 29.8 Å². The minimum absolute atomic E-state index is 0.195. The summed E-state index contributed by atoms with van der Waals surface area (Å²) < 4.78 is 30.2. The number of imide groups is 1. The number of hydrogen-bond acceptors (Lipinski definition) is 8. The predicted molar refractivity (Wildman–Crippen MR) is 222 cm³/mol. The Hall–Kier alpha value is -4.91. The zero-order chi connectivity index (χ0) is 40.3. The van der Waals surface area contributed by atoms with Gasteiger partial charge in [0.15, 0.2) is 5.65 Å². The first-order valence-electron chi connectivity index (χ1n) is 21.6. The summed E-state index contributed by atoms with van der Waals surface area (Å²) in [7, 11) is 0. The molecule has 3 fully saturated rings. The number of nitrogens with one attached hydrogen (secondary N) is 3. The monoisotopic (exact) mass is 796 g/mol. The first-order chi connectivity index (χ1) is 28.3. The molecule has 7 rings (SSSR count). The van der Waals surface area contributed by atoms with Gasteiger partial charge in [0.1, 0.15) is 29.1 Å². The molecule has 3 N–H and O–H groups in total. The largest absolute Gasteiger partial charge is 0.374 e. The second-order valence-electron chi connectivity index (χ2n) is 16.3. The summed E-state index contributed by atoms with van der Waals surface area (Å²) in [5, 5.41) is 13.0. The van der Waals surface area contributed by atoms with Crippen molar-refractivity contribution in [3.8, 4) is 0 Å². The van der Waals surface area contributed by atoms with Crippen molar-refractivity contribution >= 4 is 34.9 Å². The van der Waals surface area contributed by atoms with E-state index >= 15 is 0 Å². The Labute approximate surface area is 340 Å². The van der Waals surface area contributed by atoms with Crippen LogP contribution in [0.4, 0.5) is 20.3 Å². The van der Waals surface area contributed by atoms with Crippen molar-refractivity contribution < 1.29 is 23.2 Å². The van der Waals surface area contributed by atoms with Crippen LogP contribution in [0, 0.1) is 11.6 Å². The van der Waals surface area contributed by atoms with Crippen LogP contribution in [0.3, 0.4) is 0 Å². The number of hydrogen-bond donors (Lipinski definition) is 3. The summed E-state index contributed by atoms with van der Waals surface area (Å²) in [5.74, 6) is -0.340. The van der Waals surface area contributed by atoms with E-state index in [0.29, 0.717) is 60.9 Å². The number of rotatable bonds is 19. The van der Waals surface area contributed by atoms with Crippen LogP contribution in [0.15, 0.2) is 60.9 Å². The van der Waals surface area contributed by atoms with Crippen LogP contribution in [-0.2, 0) is 9.59 Å². The summed E-state index contributed by atoms with van der Waals surface area (Å²) in [6.45, 7) is 4.74. The molecule has 310 valence electrons. The molecule has 0 bridgehead atoms. The normalized spacial score (nSPS) is 19.2. The molecule has 3 aliphatic rings. The van der Waals surface area contributed by atoms with Crippen LogP contribution < -0.4 is 20.9 Å². The standard InChI is InChI=1S/C45H58F2N8O3/c46-34-15-18-38(47)36(30-34)40-12-11-26-54(40)41-23-29-55-43(51-41)37(31-49-55)44(57)48-24-9-7-5-3-1-2-4-6-8-10-25-53-27-21-33(22-28-53)32-13-16-35(17-14-32)50-39-19-20-42(56)52-45(39)58/h13-18,23,29-31,33,39-40,50H,1-12,19-22,24-28H2,(H,48,57)(H,52,56,58)/t39?,40-/m1/s1. The molecule has 3 saturated heterocycles. The fourth-order valence-corrected chi connectivity index (χ4v) is 8.86. The van der Waals surface area contributed by atoms with E-state index < -0.39 is 11.6 Å². The van der Waals surface area contributed by atoms with E-state index in [2.05, 4.69) is 50.2 Å². The molecule has 58 heavy (non-hydrogen) atoms. The van der Waals surface area contributed by atoms with Crippen LogP contribution in [-0.4, -0.2) is 76.0 Å². The van der Waals surface area contributed by atoms with E-state index in [0.717, 1.165) is 44.1 Å². The summed E-state index contributed by atoms with van der Waals surface area (Å²) in [6, 6.07) is 13.2. The van der Waals surface area contributed by atoms with Gasteiger partial charge in [-0.05, 0) is 112 Å². The maximum atomic E-state index is 14.6. The Bertz CT molecular complexity index is 2000. The summed E-state index contributed by atoms with van der Waals surface area (Å²) in [6.07, 6.45) is 20.2. The number of aromatic nitrogens is 3. The van der Waals surface area contributed by atoms with Gasteiger partial charge >= 0.3 is 0 Å². The van der Waals surface area contributed by atoms with Gasteiger partial charge < -0.3 is 20.4 Å². The highest BCUT2D eigenvalue weighted by molar-refractivity contribution is 6.01. The topological polar surface area (TPSA) is 124 Å². The van der Waals surface area contributed by atoms with Crippen LogP contribution in [0.5, 0.6) is 0 Å². The molecule has 0 radical (unpaired) electrons. The highest BCUT2D eigenvalue weighted by atomic mass is 19.1. The summed E-state index contributed by atoms with van der Waals surface area (Å²) in [4.78, 5) is 45.9. The zero-order valence-electron chi connectivity index (χ0n) is 33.6. The first kappa shape index (κ1) is 41.3. The third-order valence-electron chi connectivity index (χ3n) is 12.2. The van der Waals surface area contributed by atoms with E-state index in [4.69, 9.17) is 4.98 Å². The quantitative estimate of drug-likeness (QED) is 0.0644. The van der Waals surface area contributed by atoms with E-state index in [1.54, 1.807) is 16.8 Å². The molecule has 11 nitrogen and oxygen atoms in total. The number of piperidine rings is 2. The molecule has 1 unspecified atom stereocenters. The first-order valence-corrected chi connectivity index (χ1v) is 21.6. The third-order valence-corrected chi connectivity index (χ3v) is 12.2. The minimum atomic E-state index is -0.464. The Morgan fingerprint density at radius 3 is 2.29 bits per heavy atom. The molecule has 0 aliphatic carbocycles. The van der Waals surface area contributed by atoms with Gasteiger partial charge in [-0.3, -0.25) is 19.7 Å². The Morgan fingerprint density at radius 2 is 1.55 bits per heavy atom. The van der Waals surface area contributed by atoms with Gasteiger partial charge in [-0.25, -0.2) is 18.3 Å². The lowest BCUT2D eigenvalue weighted by Crippen LogP contribution is -2.47. The van der Waals surface area contributed by atoms with Crippen molar-refractivity contribution in [3.63, 3.8) is 0 Å². The van der Waals surface area contributed by atoms with Crippen molar-refractivity contribution in [2.24, 2.45) is 0 Å². The second kappa shape index (κ2) is 20.2. The Morgan fingerprint density at radius 1 is 0.828 bits per heavy atom. The number of unbranched alkanes of at least 4 members (excludes halogenated alkanes) is 9. The number of anilines is 2. The smallest absolute Gasteiger partial charge is 0.256 e. The fraction of sp³-hybridized carbons (Fsp3) is 0.533. The molecule has 0 saturated carbocycles. The number of likely N-dealkylation sites (tertiary alicyclic amines) is 1. The van der Waals surface area contributed by atoms with E-state index in [9.17, 15) is 23.2 Å². The maximum Gasteiger partial charge on any atom is 0.256 e. The molecule has 0 spiro atoms. The molecule has 3 aliphatic heterocycles. The van der Waals surface area contributed by atoms with Crippen molar-refractivity contribution in [3.05, 3.63) is 89.2 Å². The molecule has 2 atom stereocenters. The van der Waals surface area contributed by atoms with Gasteiger partial charge in [-0.1, -0.05) is 63.5 Å². The highest BCUT2D eigenvalue weighted by Gasteiger charge is 2.31. The van der Waals surface area contributed by atoms with Gasteiger partial charge in [-0.2, -0.15) is 5.10 Å². The summed E-state index contributed by atoms with van der Waals surface area (Å²) in [5.41, 5.74) is 3.46. The Kier molecular flexibility index (Phi) is 14.4. The van der Waals surface area contributed by atoms with Crippen molar-refractivity contribution in [1.29, 1.82) is 0 Å². The molecule has 3 amide bonds. The van der Waals surface area contributed by atoms with Gasteiger partial charge in [-0.15, -0.1) is 0 Å². The van der Waals surface area contributed by atoms with Gasteiger partial charge in [0.25, 0.3) is 5.91 Å². The molecule has 2 aromatic carbocycles. The van der Waals surface area contributed by atoms with Crippen LogP contribution >= 0.6 is 0 Å². The van der Waals surface area contributed by atoms with Crippen LogP contribution in [0.25, 0.3) is 5.65 Å². The number of amides is 3. The molecular weight excluding hydrogens is 739 g/mol. The van der Waals surface area contributed by atoms with Crippen LogP contribution in [0.1, 0.15) is 136 Å². The van der Waals surface area contributed by atoms with Crippen molar-refractivity contribution in [1.82, 2.24) is 30.1 Å². The minimum Gasteiger partial charge on any atom is -0.374 e. The number of nitrogens with zero attached hydrogens (tertiary/aromatic N) is 5. The lowest BCUT2D eigenvalue weighted by Gasteiger charge is -2.32. The lowest BCUT2D eigenvalue weighted by molar-refractivity contribution is -0.133. The van der Waals surface area contributed by atoms with Crippen LogP contribution in [0.2, 0.25) is 0 Å². The average Bonchev–Trinajstić information content (AvgIpc) is 3.90. The van der Waals surface area contributed by atoms with E-state index in [1.165, 1.54) is 94.6 Å². The molecule has 4 aromatic rings. The summed E-state index contributed by atoms with van der Waals surface area (Å²) >= 11 is 0. The van der Waals surface area contributed by atoms with E-state index in [1.807, 2.05) is 4.90 Å². The zero-order valence-corrected chi connectivity index (χ0v) is 33.6. The highest BCUT2D eigenvalue weighted by Crippen LogP contribution is 2.37. The fourth-order valence-electron chi connectivity index (χ4n) is 8.86. The molecule has 5 heterocycles. The number of halogens is 2. The van der Waals surface area contributed by atoms with Crippen molar-refractivity contribution in [2.45, 2.75) is 121 Å². The number of carbonyl (C=O) groups is 3. The lowest BCUT2D eigenvalue weighted by atomic mass is 9.89. The maximum absolute atomic E-state index is 14.6. The molecule has 2 aromatic heterocycles. The van der Waals surface area contributed by atoms with Crippen molar-refractivity contribution in [2.75, 3.05) is 42.9 Å². The SMILES string of the molecule is O=C1CCC(Nc2ccc(C3CCN(CCCCCCCCCCCCNC(=O)c4cnn5ccc(N6CCC[C@@H]6c6cc(F)ccc6F)nc45)CC3)cc2)C(=O)N1. The number of benzene rings is 2. The third kappa shape index (κ3) is 10.8. The van der Waals surface area contributed by atoms with Gasteiger partial charge in [0.2, 0.25) is 11.8 Å². The van der Waals surface area contributed by atoms with Gasteiger partial charge in [0, 0.05) is 37.0 Å². The Balaban J connectivity index is 0.707. The molecule has 13 heteroatoms.